The van der Waals surface area contributed by atoms with Crippen LogP contribution in [0.5, 0.6) is 0 Å². The number of carboxylic acids is 1. The first-order valence-electron chi connectivity index (χ1n) is 5.84. The number of carbonyl (C=O) groups is 1. The Morgan fingerprint density at radius 2 is 2.00 bits per heavy atom. The maximum atomic E-state index is 11.1. The second-order valence-electron chi connectivity index (χ2n) is 4.13. The van der Waals surface area contributed by atoms with Gasteiger partial charge in [-0.1, -0.05) is 18.2 Å². The zero-order valence-corrected chi connectivity index (χ0v) is 10.3. The quantitative estimate of drug-likeness (QED) is 0.490. The van der Waals surface area contributed by atoms with Crippen molar-refractivity contribution < 1.29 is 9.90 Å². The average molecular weight is 269 g/mol. The Bertz CT molecular complexity index is 782. The standard InChI is InChI=1S/C13H11N5O2/c14-17-11-9-7-16-18(8-4-2-1-3-5-8)12(9)15-6-10(11)13(19)20/h1-7H,14H2,(H,15,17)(H,19,20). The number of anilines is 1. The lowest BCUT2D eigenvalue weighted by atomic mass is 10.2. The van der Waals surface area contributed by atoms with Gasteiger partial charge in [-0.25, -0.2) is 14.5 Å². The van der Waals surface area contributed by atoms with Crippen LogP contribution in [0.15, 0.2) is 42.7 Å². The van der Waals surface area contributed by atoms with Gasteiger partial charge in [0.1, 0.15) is 5.56 Å². The summed E-state index contributed by atoms with van der Waals surface area (Å²) in [5.41, 5.74) is 4.08. The van der Waals surface area contributed by atoms with E-state index in [1.807, 2.05) is 30.3 Å². The Balaban J connectivity index is 2.27. The molecule has 0 saturated heterocycles. The number of benzene rings is 1. The largest absolute Gasteiger partial charge is 0.478 e. The summed E-state index contributed by atoms with van der Waals surface area (Å²) in [6.45, 7) is 0. The maximum Gasteiger partial charge on any atom is 0.339 e. The van der Waals surface area contributed by atoms with Crippen molar-refractivity contribution in [1.82, 2.24) is 14.8 Å². The van der Waals surface area contributed by atoms with Gasteiger partial charge in [-0.05, 0) is 12.1 Å². The van der Waals surface area contributed by atoms with Crippen molar-refractivity contribution in [2.45, 2.75) is 0 Å². The molecule has 7 heteroatoms. The number of aromatic nitrogens is 3. The molecule has 0 aliphatic heterocycles. The average Bonchev–Trinajstić information content (AvgIpc) is 2.90. The molecule has 0 bridgehead atoms. The molecule has 3 rings (SSSR count). The van der Waals surface area contributed by atoms with Gasteiger partial charge in [0.05, 0.1) is 23.0 Å². The van der Waals surface area contributed by atoms with E-state index >= 15 is 0 Å². The van der Waals surface area contributed by atoms with Crippen LogP contribution in [0, 0.1) is 0 Å². The van der Waals surface area contributed by atoms with Crippen molar-refractivity contribution in [3.63, 3.8) is 0 Å². The van der Waals surface area contributed by atoms with Crippen LogP contribution < -0.4 is 11.3 Å². The number of hydrogen-bond acceptors (Lipinski definition) is 5. The van der Waals surface area contributed by atoms with Crippen molar-refractivity contribution in [2.75, 3.05) is 5.43 Å². The molecule has 0 radical (unpaired) electrons. The number of nitrogen functional groups attached to an aromatic ring is 1. The third kappa shape index (κ3) is 1.77. The van der Waals surface area contributed by atoms with Crippen LogP contribution in [-0.4, -0.2) is 25.8 Å². The van der Waals surface area contributed by atoms with Crippen LogP contribution in [0.2, 0.25) is 0 Å². The van der Waals surface area contributed by atoms with E-state index in [1.165, 1.54) is 12.4 Å². The van der Waals surface area contributed by atoms with Gasteiger partial charge in [-0.3, -0.25) is 5.84 Å². The minimum Gasteiger partial charge on any atom is -0.478 e. The normalized spacial score (nSPS) is 10.7. The van der Waals surface area contributed by atoms with E-state index in [0.29, 0.717) is 16.7 Å². The first-order valence-corrected chi connectivity index (χ1v) is 5.84. The SMILES string of the molecule is NNc1c(C(=O)O)cnc2c1cnn2-c1ccccc1. The third-order valence-electron chi connectivity index (χ3n) is 2.97. The first kappa shape index (κ1) is 12.1. The Morgan fingerprint density at radius 1 is 1.25 bits per heavy atom. The number of hydrazine groups is 1. The number of rotatable bonds is 3. The fourth-order valence-corrected chi connectivity index (χ4v) is 2.05. The second kappa shape index (κ2) is 4.63. The summed E-state index contributed by atoms with van der Waals surface area (Å²) in [5.74, 6) is 4.33. The molecule has 4 N–H and O–H groups in total. The second-order valence-corrected chi connectivity index (χ2v) is 4.13. The van der Waals surface area contributed by atoms with E-state index in [4.69, 9.17) is 10.9 Å². The molecule has 0 aliphatic rings. The fraction of sp³-hybridized carbons (Fsp3) is 0. The number of para-hydroxylation sites is 1. The summed E-state index contributed by atoms with van der Waals surface area (Å²) >= 11 is 0. The number of hydrogen-bond donors (Lipinski definition) is 3. The minimum absolute atomic E-state index is 0.00705. The molecule has 0 fully saturated rings. The molecule has 2 aromatic heterocycles. The van der Waals surface area contributed by atoms with Crippen molar-refractivity contribution in [1.29, 1.82) is 0 Å². The van der Waals surface area contributed by atoms with Gasteiger partial charge in [0, 0.05) is 6.20 Å². The predicted molar refractivity (Wildman–Crippen MR) is 73.6 cm³/mol. The van der Waals surface area contributed by atoms with Gasteiger partial charge < -0.3 is 10.5 Å². The number of nitrogens with one attached hydrogen (secondary N) is 1. The number of pyridine rings is 1. The number of nitrogens with zero attached hydrogens (tertiary/aromatic N) is 3. The lowest BCUT2D eigenvalue weighted by Gasteiger charge is -2.07. The van der Waals surface area contributed by atoms with Gasteiger partial charge >= 0.3 is 5.97 Å². The van der Waals surface area contributed by atoms with E-state index in [1.54, 1.807) is 4.68 Å². The monoisotopic (exact) mass is 269 g/mol. The molecule has 0 saturated carbocycles. The Kier molecular flexibility index (Phi) is 2.81. The van der Waals surface area contributed by atoms with E-state index in [-0.39, 0.29) is 5.56 Å². The number of fused-ring (bicyclic) bond motifs is 1. The van der Waals surface area contributed by atoms with Gasteiger partial charge in [-0.2, -0.15) is 5.10 Å². The molecule has 0 atom stereocenters. The number of nitrogens with two attached hydrogens (primary N) is 1. The van der Waals surface area contributed by atoms with Crippen molar-refractivity contribution >= 4 is 22.7 Å². The number of carboxylic acid groups (broad SMARTS) is 1. The molecular formula is C13H11N5O2. The molecule has 7 nitrogen and oxygen atoms in total. The van der Waals surface area contributed by atoms with Crippen molar-refractivity contribution in [2.24, 2.45) is 5.84 Å². The van der Waals surface area contributed by atoms with Gasteiger partial charge in [0.25, 0.3) is 0 Å². The molecule has 0 aliphatic carbocycles. The summed E-state index contributed by atoms with van der Waals surface area (Å²) in [4.78, 5) is 15.3. The molecule has 0 spiro atoms. The van der Waals surface area contributed by atoms with Crippen LogP contribution in [-0.2, 0) is 0 Å². The highest BCUT2D eigenvalue weighted by Crippen LogP contribution is 2.26. The number of aromatic carboxylic acids is 1. The van der Waals surface area contributed by atoms with Gasteiger partial charge in [0.15, 0.2) is 5.65 Å². The molecule has 0 unspecified atom stereocenters. The molecule has 100 valence electrons. The molecule has 2 heterocycles. The zero-order chi connectivity index (χ0) is 14.1. The van der Waals surface area contributed by atoms with Crippen molar-refractivity contribution in [3.05, 3.63) is 48.3 Å². The molecule has 3 aromatic rings. The topological polar surface area (TPSA) is 106 Å². The Labute approximate surface area is 113 Å². The predicted octanol–water partition coefficient (Wildman–Crippen LogP) is 1.40. The molecular weight excluding hydrogens is 258 g/mol. The third-order valence-corrected chi connectivity index (χ3v) is 2.97. The van der Waals surface area contributed by atoms with Crippen LogP contribution in [0.4, 0.5) is 5.69 Å². The molecule has 1 aromatic carbocycles. The summed E-state index contributed by atoms with van der Waals surface area (Å²) in [6.07, 6.45) is 2.80. The van der Waals surface area contributed by atoms with Crippen LogP contribution >= 0.6 is 0 Å². The van der Waals surface area contributed by atoms with E-state index in [2.05, 4.69) is 15.5 Å². The van der Waals surface area contributed by atoms with E-state index < -0.39 is 5.97 Å². The van der Waals surface area contributed by atoms with E-state index in [9.17, 15) is 4.79 Å². The highest BCUT2D eigenvalue weighted by Gasteiger charge is 2.17. The first-order chi connectivity index (χ1) is 9.72. The molecule has 0 amide bonds. The van der Waals surface area contributed by atoms with Crippen LogP contribution in [0.1, 0.15) is 10.4 Å². The maximum absolute atomic E-state index is 11.1. The lowest BCUT2D eigenvalue weighted by Crippen LogP contribution is -2.13. The van der Waals surface area contributed by atoms with Crippen molar-refractivity contribution in [3.8, 4) is 5.69 Å². The summed E-state index contributed by atoms with van der Waals surface area (Å²) in [7, 11) is 0. The summed E-state index contributed by atoms with van der Waals surface area (Å²) < 4.78 is 1.63. The molecule has 20 heavy (non-hydrogen) atoms. The van der Waals surface area contributed by atoms with Crippen LogP contribution in [0.3, 0.4) is 0 Å². The van der Waals surface area contributed by atoms with E-state index in [0.717, 1.165) is 5.69 Å². The smallest absolute Gasteiger partial charge is 0.339 e. The Hall–Kier alpha value is -2.93. The summed E-state index contributed by atoms with van der Waals surface area (Å²) in [5, 5.41) is 13.9. The minimum atomic E-state index is -1.10. The zero-order valence-electron chi connectivity index (χ0n) is 10.3. The van der Waals surface area contributed by atoms with Gasteiger partial charge in [-0.15, -0.1) is 0 Å². The summed E-state index contributed by atoms with van der Waals surface area (Å²) in [6, 6.07) is 9.44. The van der Waals surface area contributed by atoms with Gasteiger partial charge in [0.2, 0.25) is 0 Å². The highest BCUT2D eigenvalue weighted by atomic mass is 16.4. The van der Waals surface area contributed by atoms with Crippen LogP contribution in [0.25, 0.3) is 16.7 Å². The highest BCUT2D eigenvalue weighted by molar-refractivity contribution is 6.03. The lowest BCUT2D eigenvalue weighted by molar-refractivity contribution is 0.0697. The Morgan fingerprint density at radius 3 is 2.65 bits per heavy atom. The fourth-order valence-electron chi connectivity index (χ4n) is 2.05.